The van der Waals surface area contributed by atoms with E-state index in [1.165, 1.54) is 31.7 Å². The van der Waals surface area contributed by atoms with E-state index in [-0.39, 0.29) is 5.82 Å². The minimum atomic E-state index is -0.498. The first-order chi connectivity index (χ1) is 10.2. The van der Waals surface area contributed by atoms with Crippen molar-refractivity contribution in [3.63, 3.8) is 0 Å². The van der Waals surface area contributed by atoms with Crippen LogP contribution in [-0.2, 0) is 0 Å². The van der Waals surface area contributed by atoms with Gasteiger partial charge in [-0.3, -0.25) is 0 Å². The van der Waals surface area contributed by atoms with Crippen molar-refractivity contribution >= 4 is 10.8 Å². The summed E-state index contributed by atoms with van der Waals surface area (Å²) < 4.78 is 13.8. The Labute approximate surface area is 126 Å². The van der Waals surface area contributed by atoms with E-state index in [2.05, 4.69) is 6.92 Å². The van der Waals surface area contributed by atoms with Gasteiger partial charge in [0, 0.05) is 5.39 Å². The molecule has 1 unspecified atom stereocenters. The molecule has 0 fully saturated rings. The number of aliphatic hydroxyl groups excluding tert-OH is 1. The number of hydrogen-bond acceptors (Lipinski definition) is 1. The number of aliphatic hydroxyl groups is 1. The molecule has 0 radical (unpaired) electrons. The molecule has 0 aliphatic carbocycles. The highest BCUT2D eigenvalue weighted by Crippen LogP contribution is 2.29. The quantitative estimate of drug-likeness (QED) is 0.612. The van der Waals surface area contributed by atoms with Crippen LogP contribution in [0.3, 0.4) is 0 Å². The van der Waals surface area contributed by atoms with Gasteiger partial charge in [0.25, 0.3) is 0 Å². The molecule has 2 rings (SSSR count). The predicted molar refractivity (Wildman–Crippen MR) is 86.9 cm³/mol. The first kappa shape index (κ1) is 16.0. The summed E-state index contributed by atoms with van der Waals surface area (Å²) in [5.74, 6) is -0.221. The Bertz CT molecular complexity index is 564. The predicted octanol–water partition coefficient (Wildman–Crippen LogP) is 5.76. The molecular formula is C19H25FO. The van der Waals surface area contributed by atoms with Gasteiger partial charge in [-0.05, 0) is 23.4 Å². The molecule has 2 aromatic rings. The molecule has 0 bridgehead atoms. The van der Waals surface area contributed by atoms with Gasteiger partial charge in [0.05, 0.1) is 6.10 Å². The van der Waals surface area contributed by atoms with E-state index in [0.717, 1.165) is 30.2 Å². The number of fused-ring (bicyclic) bond motifs is 1. The van der Waals surface area contributed by atoms with Crippen molar-refractivity contribution in [1.82, 2.24) is 0 Å². The molecule has 2 heteroatoms. The molecule has 0 spiro atoms. The van der Waals surface area contributed by atoms with Gasteiger partial charge in [-0.15, -0.1) is 0 Å². The second-order valence-corrected chi connectivity index (χ2v) is 5.75. The summed E-state index contributed by atoms with van der Waals surface area (Å²) in [6, 6.07) is 10.6. The van der Waals surface area contributed by atoms with Gasteiger partial charge in [0.1, 0.15) is 5.82 Å². The van der Waals surface area contributed by atoms with E-state index in [4.69, 9.17) is 0 Å². The molecule has 114 valence electrons. The zero-order valence-electron chi connectivity index (χ0n) is 12.8. The van der Waals surface area contributed by atoms with Crippen molar-refractivity contribution in [2.75, 3.05) is 0 Å². The fraction of sp³-hybridized carbons (Fsp3) is 0.474. The Morgan fingerprint density at radius 3 is 2.33 bits per heavy atom. The van der Waals surface area contributed by atoms with Crippen molar-refractivity contribution in [3.05, 3.63) is 47.8 Å². The van der Waals surface area contributed by atoms with Crippen molar-refractivity contribution in [1.29, 1.82) is 0 Å². The third-order valence-electron chi connectivity index (χ3n) is 4.09. The topological polar surface area (TPSA) is 20.2 Å². The largest absolute Gasteiger partial charge is 0.388 e. The number of unbranched alkanes of at least 4 members (excludes halogenated alkanes) is 5. The minimum Gasteiger partial charge on any atom is -0.388 e. The number of hydrogen-bond donors (Lipinski definition) is 1. The van der Waals surface area contributed by atoms with Crippen LogP contribution >= 0.6 is 0 Å². The zero-order valence-corrected chi connectivity index (χ0v) is 12.8. The normalized spacial score (nSPS) is 12.7. The molecule has 21 heavy (non-hydrogen) atoms. The van der Waals surface area contributed by atoms with Crippen molar-refractivity contribution in [2.45, 2.75) is 58.0 Å². The monoisotopic (exact) mass is 288 g/mol. The Kier molecular flexibility index (Phi) is 6.19. The minimum absolute atomic E-state index is 0.221. The van der Waals surface area contributed by atoms with Crippen LogP contribution in [0, 0.1) is 5.82 Å². The van der Waals surface area contributed by atoms with Crippen LogP contribution in [0.5, 0.6) is 0 Å². The van der Waals surface area contributed by atoms with Crippen molar-refractivity contribution in [3.8, 4) is 0 Å². The van der Waals surface area contributed by atoms with Crippen LogP contribution in [0.4, 0.5) is 4.39 Å². The molecule has 0 heterocycles. The van der Waals surface area contributed by atoms with E-state index in [9.17, 15) is 9.50 Å². The zero-order chi connectivity index (χ0) is 15.1. The van der Waals surface area contributed by atoms with Gasteiger partial charge < -0.3 is 5.11 Å². The van der Waals surface area contributed by atoms with Crippen molar-refractivity contribution in [2.24, 2.45) is 0 Å². The molecule has 0 saturated carbocycles. The molecule has 0 aromatic heterocycles. The maximum Gasteiger partial charge on any atom is 0.131 e. The molecule has 1 atom stereocenters. The van der Waals surface area contributed by atoms with Gasteiger partial charge >= 0.3 is 0 Å². The lowest BCUT2D eigenvalue weighted by Gasteiger charge is -2.14. The SMILES string of the molecule is CCCCCCCCC(O)c1ccc(F)c2ccccc12. The third-order valence-corrected chi connectivity index (χ3v) is 4.09. The lowest BCUT2D eigenvalue weighted by molar-refractivity contribution is 0.165. The van der Waals surface area contributed by atoms with E-state index in [1.807, 2.05) is 18.2 Å². The summed E-state index contributed by atoms with van der Waals surface area (Å²) in [6.45, 7) is 2.21. The first-order valence-corrected chi connectivity index (χ1v) is 8.09. The Morgan fingerprint density at radius 1 is 0.905 bits per heavy atom. The molecule has 1 nitrogen and oxygen atoms in total. The van der Waals surface area contributed by atoms with Gasteiger partial charge in [-0.1, -0.05) is 75.8 Å². The van der Waals surface area contributed by atoms with Crippen LogP contribution in [-0.4, -0.2) is 5.11 Å². The molecular weight excluding hydrogens is 263 g/mol. The smallest absolute Gasteiger partial charge is 0.131 e. The van der Waals surface area contributed by atoms with Gasteiger partial charge in [0.15, 0.2) is 0 Å². The average molecular weight is 288 g/mol. The highest BCUT2D eigenvalue weighted by Gasteiger charge is 2.12. The maximum absolute atomic E-state index is 13.8. The van der Waals surface area contributed by atoms with E-state index >= 15 is 0 Å². The van der Waals surface area contributed by atoms with E-state index < -0.39 is 6.10 Å². The van der Waals surface area contributed by atoms with Crippen LogP contribution in [0.2, 0.25) is 0 Å². The molecule has 0 aliphatic rings. The summed E-state index contributed by atoms with van der Waals surface area (Å²) in [5.41, 5.74) is 0.848. The third kappa shape index (κ3) is 4.28. The highest BCUT2D eigenvalue weighted by molar-refractivity contribution is 5.86. The van der Waals surface area contributed by atoms with E-state index in [1.54, 1.807) is 12.1 Å². The summed E-state index contributed by atoms with van der Waals surface area (Å²) in [7, 11) is 0. The summed E-state index contributed by atoms with van der Waals surface area (Å²) in [6.07, 6.45) is 7.52. The standard InChI is InChI=1S/C19H25FO/c1-2-3-4-5-6-7-12-19(21)17-13-14-18(20)16-11-9-8-10-15(16)17/h8-11,13-14,19,21H,2-7,12H2,1H3. The molecule has 1 N–H and O–H groups in total. The van der Waals surface area contributed by atoms with Gasteiger partial charge in [0.2, 0.25) is 0 Å². The fourth-order valence-corrected chi connectivity index (χ4v) is 2.85. The Morgan fingerprint density at radius 2 is 1.57 bits per heavy atom. The van der Waals surface area contributed by atoms with Crippen LogP contribution < -0.4 is 0 Å². The highest BCUT2D eigenvalue weighted by atomic mass is 19.1. The number of halogens is 1. The number of rotatable bonds is 8. The molecule has 0 amide bonds. The Balaban J connectivity index is 1.97. The molecule has 0 aliphatic heterocycles. The lowest BCUT2D eigenvalue weighted by atomic mass is 9.96. The first-order valence-electron chi connectivity index (χ1n) is 8.09. The van der Waals surface area contributed by atoms with Crippen LogP contribution in [0.25, 0.3) is 10.8 Å². The molecule has 0 saturated heterocycles. The average Bonchev–Trinajstić information content (AvgIpc) is 2.51. The fourth-order valence-electron chi connectivity index (χ4n) is 2.85. The summed E-state index contributed by atoms with van der Waals surface area (Å²) in [4.78, 5) is 0. The van der Waals surface area contributed by atoms with Crippen LogP contribution in [0.15, 0.2) is 36.4 Å². The van der Waals surface area contributed by atoms with Crippen LogP contribution in [0.1, 0.15) is 63.5 Å². The maximum atomic E-state index is 13.8. The number of benzene rings is 2. The Hall–Kier alpha value is -1.41. The van der Waals surface area contributed by atoms with Gasteiger partial charge in [-0.25, -0.2) is 4.39 Å². The molecule has 2 aromatic carbocycles. The van der Waals surface area contributed by atoms with Crippen molar-refractivity contribution < 1.29 is 9.50 Å². The second-order valence-electron chi connectivity index (χ2n) is 5.75. The summed E-state index contributed by atoms with van der Waals surface area (Å²) >= 11 is 0. The second kappa shape index (κ2) is 8.14. The van der Waals surface area contributed by atoms with E-state index in [0.29, 0.717) is 5.39 Å². The van der Waals surface area contributed by atoms with Gasteiger partial charge in [-0.2, -0.15) is 0 Å². The summed E-state index contributed by atoms with van der Waals surface area (Å²) in [5, 5.41) is 11.8. The lowest BCUT2D eigenvalue weighted by Crippen LogP contribution is -1.99.